The number of hydrogen-bond donors (Lipinski definition) is 1. The SMILES string of the molecule is CCC(C)NC(=O)C(CC)Oc1cccc(C)c1. The maximum atomic E-state index is 12.0. The Morgan fingerprint density at radius 1 is 1.33 bits per heavy atom. The normalized spacial score (nSPS) is 13.8. The summed E-state index contributed by atoms with van der Waals surface area (Å²) in [6, 6.07) is 7.95. The predicted molar refractivity (Wildman–Crippen MR) is 73.8 cm³/mol. The highest BCUT2D eigenvalue weighted by Crippen LogP contribution is 2.15. The van der Waals surface area contributed by atoms with Gasteiger partial charge in [0.1, 0.15) is 5.75 Å². The van der Waals surface area contributed by atoms with E-state index in [1.54, 1.807) is 0 Å². The zero-order valence-corrected chi connectivity index (χ0v) is 11.7. The Morgan fingerprint density at radius 2 is 2.06 bits per heavy atom. The van der Waals surface area contributed by atoms with Crippen LogP contribution in [-0.2, 0) is 4.79 Å². The highest BCUT2D eigenvalue weighted by atomic mass is 16.5. The van der Waals surface area contributed by atoms with Crippen molar-refractivity contribution in [2.45, 2.75) is 52.7 Å². The second kappa shape index (κ2) is 7.04. The van der Waals surface area contributed by atoms with Crippen LogP contribution >= 0.6 is 0 Å². The fourth-order valence-corrected chi connectivity index (χ4v) is 1.61. The first kappa shape index (κ1) is 14.6. The van der Waals surface area contributed by atoms with Gasteiger partial charge in [-0.05, 0) is 44.4 Å². The molecule has 0 aliphatic carbocycles. The molecule has 0 bridgehead atoms. The van der Waals surface area contributed by atoms with Crippen LogP contribution in [0.1, 0.15) is 39.2 Å². The van der Waals surface area contributed by atoms with E-state index in [9.17, 15) is 4.79 Å². The van der Waals surface area contributed by atoms with Crippen LogP contribution in [0, 0.1) is 6.92 Å². The van der Waals surface area contributed by atoms with Crippen LogP contribution in [0.5, 0.6) is 5.75 Å². The molecular weight excluding hydrogens is 226 g/mol. The number of ether oxygens (including phenoxy) is 1. The third-order valence-electron chi connectivity index (χ3n) is 2.93. The van der Waals surface area contributed by atoms with Crippen LogP contribution in [0.3, 0.4) is 0 Å². The zero-order valence-electron chi connectivity index (χ0n) is 11.7. The summed E-state index contributed by atoms with van der Waals surface area (Å²) < 4.78 is 5.74. The van der Waals surface area contributed by atoms with Crippen molar-refractivity contribution in [1.29, 1.82) is 0 Å². The zero-order chi connectivity index (χ0) is 13.5. The molecule has 1 aromatic rings. The number of carbonyl (C=O) groups is 1. The molecule has 0 spiro atoms. The van der Waals surface area contributed by atoms with Crippen molar-refractivity contribution in [1.82, 2.24) is 5.32 Å². The molecular formula is C15H23NO2. The Hall–Kier alpha value is -1.51. The van der Waals surface area contributed by atoms with Crippen molar-refractivity contribution in [3.63, 3.8) is 0 Å². The monoisotopic (exact) mass is 249 g/mol. The van der Waals surface area contributed by atoms with Crippen LogP contribution < -0.4 is 10.1 Å². The lowest BCUT2D eigenvalue weighted by Gasteiger charge is -2.20. The highest BCUT2D eigenvalue weighted by Gasteiger charge is 2.19. The summed E-state index contributed by atoms with van der Waals surface area (Å²) in [5, 5.41) is 2.95. The second-order valence-corrected chi connectivity index (χ2v) is 4.65. The fourth-order valence-electron chi connectivity index (χ4n) is 1.61. The van der Waals surface area contributed by atoms with E-state index < -0.39 is 6.10 Å². The molecule has 1 amide bonds. The Bertz CT molecular complexity index is 390. The quantitative estimate of drug-likeness (QED) is 0.841. The number of nitrogens with one attached hydrogen (secondary N) is 1. The van der Waals surface area contributed by atoms with Gasteiger partial charge in [0.2, 0.25) is 0 Å². The Labute approximate surface area is 110 Å². The number of benzene rings is 1. The molecule has 3 heteroatoms. The van der Waals surface area contributed by atoms with Gasteiger partial charge in [-0.3, -0.25) is 4.79 Å². The van der Waals surface area contributed by atoms with E-state index in [-0.39, 0.29) is 11.9 Å². The van der Waals surface area contributed by atoms with Gasteiger partial charge in [0.05, 0.1) is 0 Å². The third kappa shape index (κ3) is 4.40. The number of carbonyl (C=O) groups excluding carboxylic acids is 1. The van der Waals surface area contributed by atoms with E-state index in [0.717, 1.165) is 17.7 Å². The molecule has 1 N–H and O–H groups in total. The summed E-state index contributed by atoms with van der Waals surface area (Å²) in [6.45, 7) is 8.01. The highest BCUT2D eigenvalue weighted by molar-refractivity contribution is 5.81. The Balaban J connectivity index is 2.64. The standard InChI is InChI=1S/C15H23NO2/c1-5-12(4)16-15(17)14(6-2)18-13-9-7-8-11(3)10-13/h7-10,12,14H,5-6H2,1-4H3,(H,16,17). The van der Waals surface area contributed by atoms with Crippen molar-refractivity contribution in [2.75, 3.05) is 0 Å². The largest absolute Gasteiger partial charge is 0.481 e. The maximum absolute atomic E-state index is 12.0. The van der Waals surface area contributed by atoms with Crippen molar-refractivity contribution in [2.24, 2.45) is 0 Å². The van der Waals surface area contributed by atoms with Gasteiger partial charge in [-0.15, -0.1) is 0 Å². The Morgan fingerprint density at radius 3 is 2.61 bits per heavy atom. The minimum atomic E-state index is -0.416. The van der Waals surface area contributed by atoms with E-state index in [1.165, 1.54) is 0 Å². The topological polar surface area (TPSA) is 38.3 Å². The lowest BCUT2D eigenvalue weighted by atomic mass is 10.2. The summed E-state index contributed by atoms with van der Waals surface area (Å²) in [5.74, 6) is 0.717. The average Bonchev–Trinajstić information content (AvgIpc) is 2.35. The molecule has 2 atom stereocenters. The molecule has 2 unspecified atom stereocenters. The minimum Gasteiger partial charge on any atom is -0.481 e. The fraction of sp³-hybridized carbons (Fsp3) is 0.533. The molecule has 1 aromatic carbocycles. The van der Waals surface area contributed by atoms with Gasteiger partial charge in [0, 0.05) is 6.04 Å². The third-order valence-corrected chi connectivity index (χ3v) is 2.93. The summed E-state index contributed by atoms with van der Waals surface area (Å²) in [4.78, 5) is 12.0. The van der Waals surface area contributed by atoms with Gasteiger partial charge >= 0.3 is 0 Å². The van der Waals surface area contributed by atoms with Crippen molar-refractivity contribution in [3.05, 3.63) is 29.8 Å². The maximum Gasteiger partial charge on any atom is 0.261 e. The number of amides is 1. The van der Waals surface area contributed by atoms with Crippen molar-refractivity contribution in [3.8, 4) is 5.75 Å². The van der Waals surface area contributed by atoms with Gasteiger partial charge in [0.25, 0.3) is 5.91 Å². The van der Waals surface area contributed by atoms with Gasteiger partial charge in [-0.1, -0.05) is 26.0 Å². The summed E-state index contributed by atoms with van der Waals surface area (Å²) in [6.07, 6.45) is 1.17. The van der Waals surface area contributed by atoms with Crippen LogP contribution in [-0.4, -0.2) is 18.1 Å². The molecule has 18 heavy (non-hydrogen) atoms. The number of hydrogen-bond acceptors (Lipinski definition) is 2. The second-order valence-electron chi connectivity index (χ2n) is 4.65. The smallest absolute Gasteiger partial charge is 0.261 e. The number of aryl methyl sites for hydroxylation is 1. The van der Waals surface area contributed by atoms with E-state index in [2.05, 4.69) is 5.32 Å². The van der Waals surface area contributed by atoms with Gasteiger partial charge in [-0.2, -0.15) is 0 Å². The molecule has 0 saturated heterocycles. The lowest BCUT2D eigenvalue weighted by molar-refractivity contribution is -0.128. The average molecular weight is 249 g/mol. The van der Waals surface area contributed by atoms with E-state index in [4.69, 9.17) is 4.74 Å². The summed E-state index contributed by atoms with van der Waals surface area (Å²) >= 11 is 0. The summed E-state index contributed by atoms with van der Waals surface area (Å²) in [5.41, 5.74) is 1.13. The summed E-state index contributed by atoms with van der Waals surface area (Å²) in [7, 11) is 0. The number of rotatable bonds is 6. The van der Waals surface area contributed by atoms with E-state index >= 15 is 0 Å². The first-order valence-electron chi connectivity index (χ1n) is 6.60. The van der Waals surface area contributed by atoms with Gasteiger partial charge in [0.15, 0.2) is 6.10 Å². The van der Waals surface area contributed by atoms with E-state index in [1.807, 2.05) is 52.0 Å². The van der Waals surface area contributed by atoms with Crippen molar-refractivity contribution >= 4 is 5.91 Å². The molecule has 0 heterocycles. The Kier molecular flexibility index (Phi) is 5.69. The van der Waals surface area contributed by atoms with Crippen molar-refractivity contribution < 1.29 is 9.53 Å². The molecule has 3 nitrogen and oxygen atoms in total. The molecule has 0 fully saturated rings. The molecule has 0 radical (unpaired) electrons. The molecule has 0 saturated carbocycles. The lowest BCUT2D eigenvalue weighted by Crippen LogP contribution is -2.42. The van der Waals surface area contributed by atoms with E-state index in [0.29, 0.717) is 6.42 Å². The molecule has 0 aromatic heterocycles. The molecule has 0 aliphatic heterocycles. The predicted octanol–water partition coefficient (Wildman–Crippen LogP) is 3.07. The van der Waals surface area contributed by atoms with Crippen LogP contribution in [0.25, 0.3) is 0 Å². The van der Waals surface area contributed by atoms with Gasteiger partial charge in [-0.25, -0.2) is 0 Å². The first-order chi connectivity index (χ1) is 8.56. The van der Waals surface area contributed by atoms with Gasteiger partial charge < -0.3 is 10.1 Å². The molecule has 0 aliphatic rings. The minimum absolute atomic E-state index is 0.0339. The van der Waals surface area contributed by atoms with Crippen LogP contribution in [0.4, 0.5) is 0 Å². The molecule has 1 rings (SSSR count). The molecule has 100 valence electrons. The first-order valence-corrected chi connectivity index (χ1v) is 6.60. The van der Waals surface area contributed by atoms with Crippen LogP contribution in [0.15, 0.2) is 24.3 Å². The van der Waals surface area contributed by atoms with Crippen LogP contribution in [0.2, 0.25) is 0 Å².